The number of hydrogen-bond donors (Lipinski definition) is 2. The largest absolute Gasteiger partial charge is 0.342 e. The minimum atomic E-state index is -0.197. The van der Waals surface area contributed by atoms with Crippen LogP contribution >= 0.6 is 27.7 Å². The zero-order valence-electron chi connectivity index (χ0n) is 16.7. The number of nitrogens with one attached hydrogen (secondary N) is 2. The number of likely N-dealkylation sites (tertiary alicyclic amines) is 1. The quantitative estimate of drug-likeness (QED) is 0.599. The van der Waals surface area contributed by atoms with Crippen LogP contribution in [0.3, 0.4) is 0 Å². The van der Waals surface area contributed by atoms with Gasteiger partial charge in [-0.1, -0.05) is 34.1 Å². The van der Waals surface area contributed by atoms with Crippen molar-refractivity contribution in [3.05, 3.63) is 58.1 Å². The minimum Gasteiger partial charge on any atom is -0.342 e. The van der Waals surface area contributed by atoms with Crippen molar-refractivity contribution in [3.8, 4) is 0 Å². The molecule has 154 valence electrons. The number of anilines is 1. The maximum absolute atomic E-state index is 12.6. The molecule has 2 aromatic carbocycles. The van der Waals surface area contributed by atoms with Crippen LogP contribution in [0.1, 0.15) is 24.0 Å². The number of urea groups is 1. The summed E-state index contributed by atoms with van der Waals surface area (Å²) in [6.45, 7) is 5.47. The van der Waals surface area contributed by atoms with E-state index in [9.17, 15) is 9.59 Å². The molecule has 1 aliphatic heterocycles. The third-order valence-corrected chi connectivity index (χ3v) is 7.02. The zero-order chi connectivity index (χ0) is 20.8. The first-order valence-electron chi connectivity index (χ1n) is 9.72. The van der Waals surface area contributed by atoms with Gasteiger partial charge in [-0.25, -0.2) is 4.79 Å². The molecule has 1 aliphatic rings. The lowest BCUT2D eigenvalue weighted by Gasteiger charge is -2.32. The summed E-state index contributed by atoms with van der Waals surface area (Å²) in [6, 6.07) is 13.5. The van der Waals surface area contributed by atoms with Gasteiger partial charge in [0, 0.05) is 34.2 Å². The van der Waals surface area contributed by atoms with Crippen LogP contribution in [0.25, 0.3) is 0 Å². The van der Waals surface area contributed by atoms with Crippen molar-refractivity contribution in [1.29, 1.82) is 0 Å². The lowest BCUT2D eigenvalue weighted by Crippen LogP contribution is -2.48. The molecule has 1 heterocycles. The highest BCUT2D eigenvalue weighted by Gasteiger charge is 2.24. The van der Waals surface area contributed by atoms with Crippen LogP contribution in [0, 0.1) is 13.8 Å². The number of thioether (sulfide) groups is 1. The SMILES string of the molecule is Cc1cc(SCC(=O)N2CCC(NC(=O)Nc3ccccc3)CC2)c(C)cc1Br. The Morgan fingerprint density at radius 1 is 1.10 bits per heavy atom. The number of halogens is 1. The number of carbonyl (C=O) groups is 2. The number of piperidine rings is 1. The van der Waals surface area contributed by atoms with Crippen molar-refractivity contribution in [2.24, 2.45) is 0 Å². The summed E-state index contributed by atoms with van der Waals surface area (Å²) in [7, 11) is 0. The molecular formula is C22H26BrN3O2S. The van der Waals surface area contributed by atoms with E-state index in [1.54, 1.807) is 11.8 Å². The summed E-state index contributed by atoms with van der Waals surface area (Å²) in [5.74, 6) is 0.594. The van der Waals surface area contributed by atoms with Crippen molar-refractivity contribution in [1.82, 2.24) is 10.2 Å². The van der Waals surface area contributed by atoms with Gasteiger partial charge >= 0.3 is 6.03 Å². The van der Waals surface area contributed by atoms with Crippen molar-refractivity contribution in [2.75, 3.05) is 24.2 Å². The Labute approximate surface area is 184 Å². The number of hydrogen-bond acceptors (Lipinski definition) is 3. The molecule has 3 amide bonds. The fraction of sp³-hybridized carbons (Fsp3) is 0.364. The predicted molar refractivity (Wildman–Crippen MR) is 123 cm³/mol. The van der Waals surface area contributed by atoms with Crippen LogP contribution in [-0.4, -0.2) is 41.7 Å². The third-order valence-electron chi connectivity index (χ3n) is 5.02. The van der Waals surface area contributed by atoms with Crippen LogP contribution in [-0.2, 0) is 4.79 Å². The van der Waals surface area contributed by atoms with Gasteiger partial charge in [-0.2, -0.15) is 0 Å². The summed E-state index contributed by atoms with van der Waals surface area (Å²) < 4.78 is 1.09. The van der Waals surface area contributed by atoms with Crippen molar-refractivity contribution < 1.29 is 9.59 Å². The molecule has 7 heteroatoms. The average Bonchev–Trinajstić information content (AvgIpc) is 2.70. The predicted octanol–water partition coefficient (Wildman–Crippen LogP) is 4.97. The first-order chi connectivity index (χ1) is 13.9. The second-order valence-electron chi connectivity index (χ2n) is 7.28. The summed E-state index contributed by atoms with van der Waals surface area (Å²) >= 11 is 5.14. The van der Waals surface area contributed by atoms with E-state index in [-0.39, 0.29) is 18.0 Å². The highest BCUT2D eigenvalue weighted by molar-refractivity contribution is 9.10. The standard InChI is InChI=1S/C22H26BrN3O2S/c1-15-13-20(16(2)12-19(15)23)29-14-21(27)26-10-8-18(9-11-26)25-22(28)24-17-6-4-3-5-7-17/h3-7,12-13,18H,8-11,14H2,1-2H3,(H2,24,25,28). The highest BCUT2D eigenvalue weighted by atomic mass is 79.9. The van der Waals surface area contributed by atoms with Gasteiger partial charge in [0.25, 0.3) is 0 Å². The third kappa shape index (κ3) is 6.24. The van der Waals surface area contributed by atoms with E-state index in [1.807, 2.05) is 35.2 Å². The van der Waals surface area contributed by atoms with E-state index in [0.717, 1.165) is 27.9 Å². The van der Waals surface area contributed by atoms with E-state index in [2.05, 4.69) is 52.5 Å². The van der Waals surface area contributed by atoms with Gasteiger partial charge in [0.05, 0.1) is 5.75 Å². The van der Waals surface area contributed by atoms with Gasteiger partial charge in [-0.05, 0) is 62.1 Å². The Bertz CT molecular complexity index is 868. The second-order valence-corrected chi connectivity index (χ2v) is 9.15. The number of rotatable bonds is 5. The molecule has 0 atom stereocenters. The van der Waals surface area contributed by atoms with Crippen LogP contribution < -0.4 is 10.6 Å². The highest BCUT2D eigenvalue weighted by Crippen LogP contribution is 2.28. The van der Waals surface area contributed by atoms with E-state index < -0.39 is 0 Å². The van der Waals surface area contributed by atoms with Crippen LogP contribution in [0.5, 0.6) is 0 Å². The molecule has 29 heavy (non-hydrogen) atoms. The number of amides is 3. The van der Waals surface area contributed by atoms with Crippen molar-refractivity contribution >= 4 is 45.3 Å². The Kier molecular flexibility index (Phi) is 7.61. The average molecular weight is 476 g/mol. The lowest BCUT2D eigenvalue weighted by atomic mass is 10.1. The fourth-order valence-electron chi connectivity index (χ4n) is 3.29. The van der Waals surface area contributed by atoms with Gasteiger partial charge < -0.3 is 15.5 Å². The molecular weight excluding hydrogens is 450 g/mol. The number of benzene rings is 2. The lowest BCUT2D eigenvalue weighted by molar-refractivity contribution is -0.129. The normalized spacial score (nSPS) is 14.5. The van der Waals surface area contributed by atoms with Gasteiger partial charge in [-0.3, -0.25) is 4.79 Å². The van der Waals surface area contributed by atoms with E-state index in [1.165, 1.54) is 11.1 Å². The number of para-hydroxylation sites is 1. The summed E-state index contributed by atoms with van der Waals surface area (Å²) in [4.78, 5) is 27.8. The molecule has 0 radical (unpaired) electrons. The first-order valence-corrected chi connectivity index (χ1v) is 11.5. The van der Waals surface area contributed by atoms with E-state index in [0.29, 0.717) is 18.8 Å². The molecule has 0 saturated carbocycles. The smallest absolute Gasteiger partial charge is 0.319 e. The molecule has 1 saturated heterocycles. The van der Waals surface area contributed by atoms with Crippen molar-refractivity contribution in [2.45, 2.75) is 37.6 Å². The number of carbonyl (C=O) groups excluding carboxylic acids is 2. The van der Waals surface area contributed by atoms with Crippen LogP contribution in [0.15, 0.2) is 51.8 Å². The number of nitrogens with zero attached hydrogens (tertiary/aromatic N) is 1. The zero-order valence-corrected chi connectivity index (χ0v) is 19.1. The molecule has 2 aromatic rings. The molecule has 0 bridgehead atoms. The van der Waals surface area contributed by atoms with Gasteiger partial charge in [0.2, 0.25) is 5.91 Å². The maximum Gasteiger partial charge on any atom is 0.319 e. The van der Waals surface area contributed by atoms with Gasteiger partial charge in [0.15, 0.2) is 0 Å². The summed E-state index contributed by atoms with van der Waals surface area (Å²) in [5.41, 5.74) is 3.12. The van der Waals surface area contributed by atoms with E-state index >= 15 is 0 Å². The fourth-order valence-corrected chi connectivity index (χ4v) is 4.75. The Morgan fingerprint density at radius 3 is 2.48 bits per heavy atom. The van der Waals surface area contributed by atoms with Crippen LogP contribution in [0.4, 0.5) is 10.5 Å². The summed E-state index contributed by atoms with van der Waals surface area (Å²) in [6.07, 6.45) is 1.55. The van der Waals surface area contributed by atoms with Gasteiger partial charge in [-0.15, -0.1) is 11.8 Å². The second kappa shape index (κ2) is 10.2. The minimum absolute atomic E-state index is 0.0896. The Hall–Kier alpha value is -1.99. The molecule has 1 fully saturated rings. The monoisotopic (exact) mass is 475 g/mol. The summed E-state index contributed by atoms with van der Waals surface area (Å²) in [5, 5.41) is 5.84. The maximum atomic E-state index is 12.6. The molecule has 5 nitrogen and oxygen atoms in total. The van der Waals surface area contributed by atoms with E-state index in [4.69, 9.17) is 0 Å². The molecule has 0 aliphatic carbocycles. The Balaban J connectivity index is 1.42. The van der Waals surface area contributed by atoms with Gasteiger partial charge in [0.1, 0.15) is 0 Å². The molecule has 0 unspecified atom stereocenters. The first kappa shape index (κ1) is 21.7. The number of aryl methyl sites for hydroxylation is 2. The Morgan fingerprint density at radius 2 is 1.79 bits per heavy atom. The molecule has 2 N–H and O–H groups in total. The molecule has 0 aromatic heterocycles. The topological polar surface area (TPSA) is 61.4 Å². The molecule has 0 spiro atoms. The van der Waals surface area contributed by atoms with Crippen molar-refractivity contribution in [3.63, 3.8) is 0 Å². The van der Waals surface area contributed by atoms with Crippen LogP contribution in [0.2, 0.25) is 0 Å². The molecule has 3 rings (SSSR count).